The van der Waals surface area contributed by atoms with E-state index in [0.29, 0.717) is 19.8 Å². The highest BCUT2D eigenvalue weighted by Crippen LogP contribution is 2.14. The molecule has 0 aromatic carbocycles. The van der Waals surface area contributed by atoms with Crippen LogP contribution in [0.2, 0.25) is 0 Å². The first-order chi connectivity index (χ1) is 7.72. The van der Waals surface area contributed by atoms with Crippen LogP contribution in [-0.2, 0) is 14.3 Å². The molecule has 0 unspecified atom stereocenters. The van der Waals surface area contributed by atoms with Crippen LogP contribution in [-0.4, -0.2) is 48.8 Å². The minimum absolute atomic E-state index is 0.0171. The van der Waals surface area contributed by atoms with Crippen LogP contribution in [0.15, 0.2) is 0 Å². The Balaban J connectivity index is 2.58. The van der Waals surface area contributed by atoms with Crippen molar-refractivity contribution in [3.63, 3.8) is 0 Å². The van der Waals surface area contributed by atoms with Crippen molar-refractivity contribution in [1.82, 2.24) is 4.90 Å². The third kappa shape index (κ3) is 3.61. The minimum Gasteiger partial charge on any atom is -0.348 e. The van der Waals surface area contributed by atoms with E-state index < -0.39 is 0 Å². The van der Waals surface area contributed by atoms with Crippen LogP contribution in [0.5, 0.6) is 0 Å². The molecule has 1 amide bonds. The van der Waals surface area contributed by atoms with Crippen molar-refractivity contribution < 1.29 is 14.3 Å². The summed E-state index contributed by atoms with van der Waals surface area (Å²) in [4.78, 5) is 13.5. The predicted molar refractivity (Wildman–Crippen MR) is 62.5 cm³/mol. The lowest BCUT2D eigenvalue weighted by atomic mass is 10.1. The fourth-order valence-electron chi connectivity index (χ4n) is 1.93. The van der Waals surface area contributed by atoms with Gasteiger partial charge in [-0.25, -0.2) is 0 Å². The van der Waals surface area contributed by atoms with Crippen molar-refractivity contribution in [3.05, 3.63) is 0 Å². The molecule has 0 spiro atoms. The monoisotopic (exact) mass is 249 g/mol. The van der Waals surface area contributed by atoms with E-state index in [1.165, 1.54) is 0 Å². The second kappa shape index (κ2) is 7.09. The summed E-state index contributed by atoms with van der Waals surface area (Å²) < 4.78 is 10.7. The standard InChI is InChI=1S/C11H20ClNO3/c1-3-9(4-2)13(10(14)7-12)8-11-15-5-6-16-11/h9,11H,3-8H2,1-2H3. The quantitative estimate of drug-likeness (QED) is 0.672. The Bertz CT molecular complexity index is 215. The first kappa shape index (κ1) is 13.7. The molecule has 0 N–H and O–H groups in total. The van der Waals surface area contributed by atoms with Gasteiger partial charge in [0.1, 0.15) is 5.88 Å². The zero-order chi connectivity index (χ0) is 12.0. The summed E-state index contributed by atoms with van der Waals surface area (Å²) in [6, 6.07) is 0.221. The molecule has 0 aliphatic carbocycles. The SMILES string of the molecule is CCC(CC)N(CC1OCCO1)C(=O)CCl. The molecule has 1 aliphatic rings. The van der Waals surface area contributed by atoms with E-state index in [2.05, 4.69) is 13.8 Å². The Morgan fingerprint density at radius 3 is 2.38 bits per heavy atom. The van der Waals surface area contributed by atoms with E-state index >= 15 is 0 Å². The zero-order valence-electron chi connectivity index (χ0n) is 9.95. The van der Waals surface area contributed by atoms with Crippen LogP contribution in [0.3, 0.4) is 0 Å². The highest BCUT2D eigenvalue weighted by atomic mass is 35.5. The molecule has 1 rings (SSSR count). The fraction of sp³-hybridized carbons (Fsp3) is 0.909. The summed E-state index contributed by atoms with van der Waals surface area (Å²) in [5, 5.41) is 0. The number of hydrogen-bond donors (Lipinski definition) is 0. The van der Waals surface area contributed by atoms with E-state index in [1.807, 2.05) is 0 Å². The van der Waals surface area contributed by atoms with Gasteiger partial charge in [0.15, 0.2) is 6.29 Å². The number of carbonyl (C=O) groups excluding carboxylic acids is 1. The number of carbonyl (C=O) groups is 1. The van der Waals surface area contributed by atoms with Crippen LogP contribution < -0.4 is 0 Å². The number of rotatable bonds is 6. The summed E-state index contributed by atoms with van der Waals surface area (Å²) >= 11 is 5.62. The van der Waals surface area contributed by atoms with Crippen LogP contribution in [0.4, 0.5) is 0 Å². The maximum Gasteiger partial charge on any atom is 0.237 e. The van der Waals surface area contributed by atoms with Crippen LogP contribution >= 0.6 is 11.6 Å². The molecule has 0 bridgehead atoms. The topological polar surface area (TPSA) is 38.8 Å². The van der Waals surface area contributed by atoms with Gasteiger partial charge in [0.2, 0.25) is 5.91 Å². The van der Waals surface area contributed by atoms with Crippen molar-refractivity contribution in [1.29, 1.82) is 0 Å². The lowest BCUT2D eigenvalue weighted by Crippen LogP contribution is -2.45. The number of ether oxygens (including phenoxy) is 2. The molecule has 5 heteroatoms. The normalized spacial score (nSPS) is 17.0. The minimum atomic E-state index is -0.284. The summed E-state index contributed by atoms with van der Waals surface area (Å²) in [7, 11) is 0. The van der Waals surface area contributed by atoms with Gasteiger partial charge in [-0.15, -0.1) is 11.6 Å². The maximum atomic E-state index is 11.7. The van der Waals surface area contributed by atoms with Gasteiger partial charge in [-0.05, 0) is 12.8 Å². The molecule has 16 heavy (non-hydrogen) atoms. The molecular weight excluding hydrogens is 230 g/mol. The van der Waals surface area contributed by atoms with E-state index in [4.69, 9.17) is 21.1 Å². The highest BCUT2D eigenvalue weighted by Gasteiger charge is 2.26. The van der Waals surface area contributed by atoms with E-state index in [-0.39, 0.29) is 24.1 Å². The molecular formula is C11H20ClNO3. The van der Waals surface area contributed by atoms with E-state index in [0.717, 1.165) is 12.8 Å². The van der Waals surface area contributed by atoms with Crippen LogP contribution in [0.1, 0.15) is 26.7 Å². The number of amides is 1. The van der Waals surface area contributed by atoms with Gasteiger partial charge >= 0.3 is 0 Å². The Kier molecular flexibility index (Phi) is 6.09. The average Bonchev–Trinajstić information content (AvgIpc) is 2.81. The third-order valence-electron chi connectivity index (χ3n) is 2.85. The molecule has 1 fully saturated rings. The second-order valence-electron chi connectivity index (χ2n) is 3.82. The van der Waals surface area contributed by atoms with Crippen LogP contribution in [0.25, 0.3) is 0 Å². The molecule has 0 saturated carbocycles. The lowest BCUT2D eigenvalue weighted by Gasteiger charge is -2.31. The predicted octanol–water partition coefficient (Wildman–Crippen LogP) is 1.62. The average molecular weight is 250 g/mol. The van der Waals surface area contributed by atoms with Crippen molar-refractivity contribution in [3.8, 4) is 0 Å². The molecule has 94 valence electrons. The Morgan fingerprint density at radius 1 is 1.38 bits per heavy atom. The highest BCUT2D eigenvalue weighted by molar-refractivity contribution is 6.27. The van der Waals surface area contributed by atoms with Gasteiger partial charge in [-0.3, -0.25) is 4.79 Å². The Morgan fingerprint density at radius 2 is 1.94 bits per heavy atom. The molecule has 0 radical (unpaired) electrons. The Hall–Kier alpha value is -0.320. The van der Waals surface area contributed by atoms with Crippen molar-refractivity contribution in [2.45, 2.75) is 39.0 Å². The summed E-state index contributed by atoms with van der Waals surface area (Å²) in [6.45, 7) is 5.84. The van der Waals surface area contributed by atoms with Gasteiger partial charge in [-0.2, -0.15) is 0 Å². The number of nitrogens with zero attached hydrogens (tertiary/aromatic N) is 1. The third-order valence-corrected chi connectivity index (χ3v) is 3.08. The zero-order valence-corrected chi connectivity index (χ0v) is 10.7. The largest absolute Gasteiger partial charge is 0.348 e. The fourth-order valence-corrected chi connectivity index (χ4v) is 2.09. The smallest absolute Gasteiger partial charge is 0.237 e. The van der Waals surface area contributed by atoms with Crippen LogP contribution in [0, 0.1) is 0 Å². The van der Waals surface area contributed by atoms with Crippen molar-refractivity contribution in [2.75, 3.05) is 25.6 Å². The molecule has 1 aliphatic heterocycles. The Labute approximate surface area is 102 Å². The summed E-state index contributed by atoms with van der Waals surface area (Å²) in [5.74, 6) is -0.0297. The number of hydrogen-bond acceptors (Lipinski definition) is 3. The molecule has 0 aromatic rings. The van der Waals surface area contributed by atoms with Crippen molar-refractivity contribution in [2.24, 2.45) is 0 Å². The molecule has 0 aromatic heterocycles. The number of alkyl halides is 1. The van der Waals surface area contributed by atoms with Gasteiger partial charge in [0, 0.05) is 6.04 Å². The molecule has 4 nitrogen and oxygen atoms in total. The van der Waals surface area contributed by atoms with Gasteiger partial charge < -0.3 is 14.4 Å². The summed E-state index contributed by atoms with van der Waals surface area (Å²) in [6.07, 6.45) is 1.56. The summed E-state index contributed by atoms with van der Waals surface area (Å²) in [5.41, 5.74) is 0. The van der Waals surface area contributed by atoms with Gasteiger partial charge in [0.05, 0.1) is 19.8 Å². The maximum absolute atomic E-state index is 11.7. The first-order valence-electron chi connectivity index (χ1n) is 5.81. The molecule has 1 saturated heterocycles. The molecule has 0 atom stereocenters. The van der Waals surface area contributed by atoms with Crippen molar-refractivity contribution >= 4 is 17.5 Å². The van der Waals surface area contributed by atoms with Gasteiger partial charge in [-0.1, -0.05) is 13.8 Å². The molecule has 1 heterocycles. The lowest BCUT2D eigenvalue weighted by molar-refractivity contribution is -0.138. The van der Waals surface area contributed by atoms with Gasteiger partial charge in [0.25, 0.3) is 0 Å². The second-order valence-corrected chi connectivity index (χ2v) is 4.09. The number of halogens is 1. The first-order valence-corrected chi connectivity index (χ1v) is 6.35. The van der Waals surface area contributed by atoms with E-state index in [9.17, 15) is 4.79 Å². The van der Waals surface area contributed by atoms with E-state index in [1.54, 1.807) is 4.90 Å².